The van der Waals surface area contributed by atoms with Gasteiger partial charge in [0.2, 0.25) is 0 Å². The fourth-order valence-corrected chi connectivity index (χ4v) is 3.16. The Hall–Kier alpha value is -1.36. The van der Waals surface area contributed by atoms with Crippen molar-refractivity contribution in [3.8, 4) is 0 Å². The Bertz CT molecular complexity index is 439. The van der Waals surface area contributed by atoms with Crippen molar-refractivity contribution in [3.05, 3.63) is 11.9 Å². The average molecular weight is 262 g/mol. The van der Waals surface area contributed by atoms with E-state index in [1.54, 1.807) is 6.33 Å². The summed E-state index contributed by atoms with van der Waals surface area (Å²) in [5, 5.41) is 3.19. The highest BCUT2D eigenvalue weighted by molar-refractivity contribution is 5.59. The van der Waals surface area contributed by atoms with Crippen molar-refractivity contribution in [1.29, 1.82) is 0 Å². The first-order valence-electron chi connectivity index (χ1n) is 7.23. The predicted octanol–water partition coefficient (Wildman–Crippen LogP) is 1.84. The molecular weight excluding hydrogens is 240 g/mol. The molecule has 5 nitrogen and oxygen atoms in total. The van der Waals surface area contributed by atoms with Gasteiger partial charge in [-0.25, -0.2) is 9.97 Å². The van der Waals surface area contributed by atoms with Crippen LogP contribution in [0.1, 0.15) is 31.7 Å². The molecule has 0 aromatic carbocycles. The number of anilines is 2. The van der Waals surface area contributed by atoms with Gasteiger partial charge < -0.3 is 15.0 Å². The molecule has 1 aromatic heterocycles. The van der Waals surface area contributed by atoms with Gasteiger partial charge in [-0.05, 0) is 19.3 Å². The maximum Gasteiger partial charge on any atom is 0.137 e. The lowest BCUT2D eigenvalue weighted by Crippen LogP contribution is -2.43. The summed E-state index contributed by atoms with van der Waals surface area (Å²) in [6, 6.07) is 0. The van der Waals surface area contributed by atoms with Crippen LogP contribution in [0.4, 0.5) is 11.6 Å². The van der Waals surface area contributed by atoms with Gasteiger partial charge in [0.15, 0.2) is 0 Å². The molecule has 0 aliphatic carbocycles. The van der Waals surface area contributed by atoms with Gasteiger partial charge in [-0.3, -0.25) is 0 Å². The third kappa shape index (κ3) is 2.39. The number of rotatable bonds is 4. The summed E-state index contributed by atoms with van der Waals surface area (Å²) in [6.45, 7) is 4.12. The van der Waals surface area contributed by atoms with Crippen LogP contribution in [0.25, 0.3) is 0 Å². The van der Waals surface area contributed by atoms with Crippen molar-refractivity contribution in [2.45, 2.75) is 44.8 Å². The van der Waals surface area contributed by atoms with Crippen molar-refractivity contribution < 1.29 is 4.74 Å². The molecule has 0 radical (unpaired) electrons. The van der Waals surface area contributed by atoms with Crippen molar-refractivity contribution in [2.24, 2.45) is 0 Å². The molecule has 0 spiro atoms. The van der Waals surface area contributed by atoms with Crippen LogP contribution in [0.2, 0.25) is 0 Å². The van der Waals surface area contributed by atoms with Gasteiger partial charge in [0.05, 0.1) is 12.2 Å². The highest BCUT2D eigenvalue weighted by Crippen LogP contribution is 2.32. The zero-order chi connectivity index (χ0) is 13.2. The third-order valence-electron chi connectivity index (χ3n) is 4.00. The van der Waals surface area contributed by atoms with Crippen LogP contribution in [0.15, 0.2) is 6.33 Å². The Morgan fingerprint density at radius 2 is 2.05 bits per heavy atom. The lowest BCUT2D eigenvalue weighted by molar-refractivity contribution is 0.0301. The number of fused-ring (bicyclic) bond motifs is 2. The van der Waals surface area contributed by atoms with Crippen LogP contribution in [0.5, 0.6) is 0 Å². The summed E-state index contributed by atoms with van der Waals surface area (Å²) in [4.78, 5) is 11.3. The molecule has 0 saturated carbocycles. The minimum Gasteiger partial charge on any atom is -0.373 e. The number of ether oxygens (including phenoxy) is 1. The largest absolute Gasteiger partial charge is 0.373 e. The first-order chi connectivity index (χ1) is 9.31. The minimum atomic E-state index is 0.390. The van der Waals surface area contributed by atoms with Gasteiger partial charge in [0.25, 0.3) is 0 Å². The molecule has 0 amide bonds. The molecule has 104 valence electrons. The van der Waals surface area contributed by atoms with Crippen LogP contribution in [-0.4, -0.2) is 42.3 Å². The second kappa shape index (κ2) is 5.33. The molecule has 2 unspecified atom stereocenters. The zero-order valence-corrected chi connectivity index (χ0v) is 11.7. The predicted molar refractivity (Wildman–Crippen MR) is 75.7 cm³/mol. The van der Waals surface area contributed by atoms with Gasteiger partial charge in [-0.1, -0.05) is 13.3 Å². The zero-order valence-electron chi connectivity index (χ0n) is 11.7. The fraction of sp³-hybridized carbons (Fsp3) is 0.714. The van der Waals surface area contributed by atoms with E-state index in [4.69, 9.17) is 4.74 Å². The molecule has 1 aromatic rings. The molecule has 5 heteroatoms. The molecule has 19 heavy (non-hydrogen) atoms. The first-order valence-corrected chi connectivity index (χ1v) is 7.23. The van der Waals surface area contributed by atoms with Gasteiger partial charge in [-0.15, -0.1) is 0 Å². The van der Waals surface area contributed by atoms with Crippen LogP contribution < -0.4 is 10.2 Å². The summed E-state index contributed by atoms with van der Waals surface area (Å²) in [5.74, 6) is 2.06. The molecule has 2 fully saturated rings. The molecule has 2 aliphatic heterocycles. The first kappa shape index (κ1) is 12.7. The Kier molecular flexibility index (Phi) is 3.55. The van der Waals surface area contributed by atoms with Crippen molar-refractivity contribution in [3.63, 3.8) is 0 Å². The topological polar surface area (TPSA) is 50.3 Å². The van der Waals surface area contributed by atoms with Gasteiger partial charge in [-0.2, -0.15) is 0 Å². The average Bonchev–Trinajstić information content (AvgIpc) is 2.78. The SMILES string of the molecule is CCCc1c(NC)ncnc1N1CC2CCC(C1)O2. The number of morpholine rings is 1. The van der Waals surface area contributed by atoms with E-state index in [2.05, 4.69) is 27.1 Å². The maximum atomic E-state index is 5.90. The normalized spacial score (nSPS) is 25.7. The summed E-state index contributed by atoms with van der Waals surface area (Å²) >= 11 is 0. The third-order valence-corrected chi connectivity index (χ3v) is 4.00. The van der Waals surface area contributed by atoms with Crippen LogP contribution in [0, 0.1) is 0 Å². The van der Waals surface area contributed by atoms with Gasteiger partial charge in [0.1, 0.15) is 18.0 Å². The molecular formula is C14H22N4O. The number of hydrogen-bond acceptors (Lipinski definition) is 5. The quantitative estimate of drug-likeness (QED) is 0.897. The molecule has 3 heterocycles. The standard InChI is InChI=1S/C14H22N4O/c1-3-4-12-13(15-2)16-9-17-14(12)18-7-10-5-6-11(8-18)19-10/h9-11H,3-8H2,1-2H3,(H,15,16,17). The molecule has 2 atom stereocenters. The van der Waals surface area contributed by atoms with Crippen LogP contribution in [-0.2, 0) is 11.2 Å². The van der Waals surface area contributed by atoms with Gasteiger partial charge in [0, 0.05) is 25.7 Å². The monoisotopic (exact) mass is 262 g/mol. The van der Waals surface area contributed by atoms with E-state index in [0.29, 0.717) is 12.2 Å². The second-order valence-electron chi connectivity index (χ2n) is 5.39. The van der Waals surface area contributed by atoms with Crippen LogP contribution in [0.3, 0.4) is 0 Å². The number of nitrogens with one attached hydrogen (secondary N) is 1. The van der Waals surface area contributed by atoms with E-state index < -0.39 is 0 Å². The summed E-state index contributed by atoms with van der Waals surface area (Å²) in [6.07, 6.45) is 6.94. The Balaban J connectivity index is 1.90. The molecule has 2 aliphatic rings. The molecule has 2 saturated heterocycles. The Morgan fingerprint density at radius 1 is 1.32 bits per heavy atom. The summed E-state index contributed by atoms with van der Waals surface area (Å²) < 4.78 is 5.90. The maximum absolute atomic E-state index is 5.90. The number of nitrogens with zero attached hydrogens (tertiary/aromatic N) is 3. The van der Waals surface area contributed by atoms with Crippen molar-refractivity contribution >= 4 is 11.6 Å². The minimum absolute atomic E-state index is 0.390. The highest BCUT2D eigenvalue weighted by atomic mass is 16.5. The highest BCUT2D eigenvalue weighted by Gasteiger charge is 2.35. The van der Waals surface area contributed by atoms with E-state index in [0.717, 1.165) is 37.6 Å². The summed E-state index contributed by atoms with van der Waals surface area (Å²) in [7, 11) is 1.92. The molecule has 1 N–H and O–H groups in total. The summed E-state index contributed by atoms with van der Waals surface area (Å²) in [5.41, 5.74) is 1.24. The Morgan fingerprint density at radius 3 is 2.68 bits per heavy atom. The molecule has 3 rings (SSSR count). The van der Waals surface area contributed by atoms with Gasteiger partial charge >= 0.3 is 0 Å². The number of hydrogen-bond donors (Lipinski definition) is 1. The van der Waals surface area contributed by atoms with Crippen LogP contribution >= 0.6 is 0 Å². The number of aromatic nitrogens is 2. The van der Waals surface area contributed by atoms with E-state index in [-0.39, 0.29) is 0 Å². The van der Waals surface area contributed by atoms with E-state index in [1.807, 2.05) is 7.05 Å². The van der Waals surface area contributed by atoms with E-state index >= 15 is 0 Å². The fourth-order valence-electron chi connectivity index (χ4n) is 3.16. The van der Waals surface area contributed by atoms with Crippen molar-refractivity contribution in [2.75, 3.05) is 30.4 Å². The smallest absolute Gasteiger partial charge is 0.137 e. The lowest BCUT2D eigenvalue weighted by Gasteiger charge is -2.34. The van der Waals surface area contributed by atoms with E-state index in [1.165, 1.54) is 18.4 Å². The van der Waals surface area contributed by atoms with Crippen molar-refractivity contribution in [1.82, 2.24) is 9.97 Å². The second-order valence-corrected chi connectivity index (χ2v) is 5.39. The Labute approximate surface area is 114 Å². The molecule has 2 bridgehead atoms. The van der Waals surface area contributed by atoms with E-state index in [9.17, 15) is 0 Å². The lowest BCUT2D eigenvalue weighted by atomic mass is 10.1.